The van der Waals surface area contributed by atoms with Crippen LogP contribution >= 0.6 is 0 Å². The maximum Gasteiger partial charge on any atom is 0.342 e. The fourth-order valence-corrected chi connectivity index (χ4v) is 7.19. The molecule has 13 nitrogen and oxygen atoms in total. The molecule has 10 atom stereocenters. The van der Waals surface area contributed by atoms with Gasteiger partial charge in [0, 0.05) is 47.0 Å². The van der Waals surface area contributed by atoms with Crippen molar-refractivity contribution in [1.29, 1.82) is 0 Å². The van der Waals surface area contributed by atoms with E-state index in [1.165, 1.54) is 26.8 Å². The first-order valence-corrected chi connectivity index (χ1v) is 14.0. The van der Waals surface area contributed by atoms with Crippen LogP contribution in [0.15, 0.2) is 23.3 Å². The lowest BCUT2D eigenvalue weighted by Crippen LogP contribution is -2.66. The number of esters is 6. The molecule has 0 bridgehead atoms. The minimum Gasteiger partial charge on any atom is -0.461 e. The molecule has 2 fully saturated rings. The van der Waals surface area contributed by atoms with Crippen LogP contribution in [0.25, 0.3) is 0 Å². The minimum atomic E-state index is -1.56. The molecule has 4 aliphatic rings. The normalized spacial score (nSPS) is 40.9. The first-order valence-electron chi connectivity index (χ1n) is 14.0. The van der Waals surface area contributed by atoms with E-state index in [1.807, 2.05) is 0 Å². The Morgan fingerprint density at radius 3 is 1.81 bits per heavy atom. The number of ether oxygens (including phenoxy) is 7. The van der Waals surface area contributed by atoms with Crippen LogP contribution in [0.2, 0.25) is 0 Å². The summed E-state index contributed by atoms with van der Waals surface area (Å²) in [6, 6.07) is 0. The van der Waals surface area contributed by atoms with E-state index in [9.17, 15) is 28.8 Å². The lowest BCUT2D eigenvalue weighted by molar-refractivity contribution is -0.223. The van der Waals surface area contributed by atoms with Gasteiger partial charge in [0.2, 0.25) is 0 Å². The zero-order chi connectivity index (χ0) is 32.2. The van der Waals surface area contributed by atoms with Crippen molar-refractivity contribution < 1.29 is 61.9 Å². The molecule has 0 saturated carbocycles. The lowest BCUT2D eigenvalue weighted by atomic mass is 9.56. The molecule has 4 rings (SSSR count). The summed E-state index contributed by atoms with van der Waals surface area (Å²) in [4.78, 5) is 76.2. The van der Waals surface area contributed by atoms with Gasteiger partial charge in [-0.1, -0.05) is 18.6 Å². The highest BCUT2D eigenvalue weighted by atomic mass is 16.7. The molecule has 2 heterocycles. The molecule has 2 aliphatic heterocycles. The van der Waals surface area contributed by atoms with Gasteiger partial charge in [-0.15, -0.1) is 0 Å². The molecular weight excluding hydrogens is 568 g/mol. The number of fused-ring (bicyclic) bond motifs is 1. The highest BCUT2D eigenvalue weighted by Crippen LogP contribution is 2.65. The maximum absolute atomic E-state index is 13.2. The van der Waals surface area contributed by atoms with Gasteiger partial charge in [-0.2, -0.15) is 0 Å². The quantitative estimate of drug-likeness (QED) is 0.193. The van der Waals surface area contributed by atoms with Gasteiger partial charge >= 0.3 is 35.8 Å². The second-order valence-electron chi connectivity index (χ2n) is 12.0. The van der Waals surface area contributed by atoms with E-state index in [0.717, 1.165) is 20.8 Å². The van der Waals surface area contributed by atoms with Crippen LogP contribution in [0.3, 0.4) is 0 Å². The molecule has 236 valence electrons. The predicted molar refractivity (Wildman–Crippen MR) is 144 cm³/mol. The van der Waals surface area contributed by atoms with Crippen LogP contribution in [0, 0.1) is 11.3 Å². The Morgan fingerprint density at radius 1 is 0.767 bits per heavy atom. The fourth-order valence-electron chi connectivity index (χ4n) is 7.19. The standard InChI is InChI=1S/C30H38O13/c1-13-10-11-20(37-15(3)31)28(8)22(13)25(40-18(6)34)30-21(42-27(36)29(30,9)43-30)12-14(2)23(38-16(4)32)24(39-17(5)33)26(28)41-19(7)35/h10,12,20-26H,11H2,1-9H3/b14-12-/t20-,21-,22+,23-,24-,25-,26-,28-,29+,30-/m0/s1. The van der Waals surface area contributed by atoms with Gasteiger partial charge in [0.05, 0.1) is 5.41 Å². The van der Waals surface area contributed by atoms with E-state index in [-0.39, 0.29) is 12.0 Å². The molecule has 13 heteroatoms. The summed E-state index contributed by atoms with van der Waals surface area (Å²) >= 11 is 0. The van der Waals surface area contributed by atoms with Crippen molar-refractivity contribution in [3.8, 4) is 0 Å². The van der Waals surface area contributed by atoms with Crippen molar-refractivity contribution in [2.24, 2.45) is 11.3 Å². The first kappa shape index (κ1) is 32.2. The lowest BCUT2D eigenvalue weighted by Gasteiger charge is -2.54. The third-order valence-corrected chi connectivity index (χ3v) is 8.92. The van der Waals surface area contributed by atoms with E-state index in [0.29, 0.717) is 5.57 Å². The van der Waals surface area contributed by atoms with Gasteiger partial charge in [-0.3, -0.25) is 24.0 Å². The molecule has 0 amide bonds. The van der Waals surface area contributed by atoms with Crippen LogP contribution in [-0.2, 0) is 61.9 Å². The zero-order valence-corrected chi connectivity index (χ0v) is 25.7. The summed E-state index contributed by atoms with van der Waals surface area (Å²) in [5, 5.41) is 0. The minimum absolute atomic E-state index is 0.146. The molecule has 0 unspecified atom stereocenters. The monoisotopic (exact) mass is 606 g/mol. The molecule has 0 radical (unpaired) electrons. The Kier molecular flexibility index (Phi) is 8.29. The van der Waals surface area contributed by atoms with Crippen LogP contribution in [0.5, 0.6) is 0 Å². The topological polar surface area (TPSA) is 170 Å². The highest BCUT2D eigenvalue weighted by molar-refractivity contribution is 5.89. The van der Waals surface area contributed by atoms with Crippen LogP contribution in [-0.4, -0.2) is 83.6 Å². The summed E-state index contributed by atoms with van der Waals surface area (Å²) in [5.41, 5.74) is -3.74. The molecule has 0 aromatic carbocycles. The fraction of sp³-hybridized carbons (Fsp3) is 0.667. The largest absolute Gasteiger partial charge is 0.461 e. The summed E-state index contributed by atoms with van der Waals surface area (Å²) in [5.74, 6) is -5.32. The Balaban J connectivity index is 2.14. The second-order valence-corrected chi connectivity index (χ2v) is 12.0. The van der Waals surface area contributed by atoms with Crippen LogP contribution in [0.1, 0.15) is 68.7 Å². The molecule has 2 saturated heterocycles. The SMILES string of the molecule is CC(=O)O[C@H]1[C@@H](OC(C)=O)/C(C)=C\[C@@H]2OC(=O)[C@@]3(C)O[C@]23[C@@H](OC(C)=O)[C@H]2C(C)=CC[C@H](OC(C)=O)[C@]2(C)[C@H]1OC(C)=O. The van der Waals surface area contributed by atoms with Crippen molar-refractivity contribution >= 4 is 35.8 Å². The van der Waals surface area contributed by atoms with Gasteiger partial charge in [0.1, 0.15) is 12.2 Å². The maximum atomic E-state index is 13.2. The van der Waals surface area contributed by atoms with Gasteiger partial charge in [0.25, 0.3) is 0 Å². The average molecular weight is 607 g/mol. The Labute approximate surface area is 249 Å². The van der Waals surface area contributed by atoms with E-state index in [4.69, 9.17) is 33.2 Å². The third-order valence-electron chi connectivity index (χ3n) is 8.92. The number of rotatable bonds is 5. The zero-order valence-electron chi connectivity index (χ0n) is 25.7. The second kappa shape index (κ2) is 11.1. The molecule has 0 aromatic heterocycles. The van der Waals surface area contributed by atoms with E-state index in [2.05, 4.69) is 0 Å². The molecule has 43 heavy (non-hydrogen) atoms. The number of hydrogen-bond donors (Lipinski definition) is 0. The summed E-state index contributed by atoms with van der Waals surface area (Å²) in [6.45, 7) is 12.4. The molecule has 0 aromatic rings. The van der Waals surface area contributed by atoms with Crippen molar-refractivity contribution in [3.05, 3.63) is 23.3 Å². The van der Waals surface area contributed by atoms with E-state index < -0.39 is 95.0 Å². The van der Waals surface area contributed by atoms with Crippen molar-refractivity contribution in [3.63, 3.8) is 0 Å². The summed E-state index contributed by atoms with van der Waals surface area (Å²) in [7, 11) is 0. The Hall–Kier alpha value is -3.74. The van der Waals surface area contributed by atoms with Gasteiger partial charge in [-0.25, -0.2) is 4.79 Å². The number of hydrogen-bond acceptors (Lipinski definition) is 13. The van der Waals surface area contributed by atoms with Gasteiger partial charge in [0.15, 0.2) is 35.6 Å². The van der Waals surface area contributed by atoms with E-state index in [1.54, 1.807) is 26.8 Å². The molecule has 1 spiro atoms. The summed E-state index contributed by atoms with van der Waals surface area (Å²) in [6.07, 6.45) is -4.28. The smallest absolute Gasteiger partial charge is 0.342 e. The highest BCUT2D eigenvalue weighted by Gasteiger charge is 2.87. The first-order chi connectivity index (χ1) is 19.9. The third kappa shape index (κ3) is 5.21. The summed E-state index contributed by atoms with van der Waals surface area (Å²) < 4.78 is 41.2. The Morgan fingerprint density at radius 2 is 1.30 bits per heavy atom. The average Bonchev–Trinajstić information content (AvgIpc) is 3.46. The van der Waals surface area contributed by atoms with Crippen LogP contribution in [0.4, 0.5) is 0 Å². The molecule has 2 aliphatic carbocycles. The predicted octanol–water partition coefficient (Wildman–Crippen LogP) is 2.03. The number of carbonyl (C=O) groups excluding carboxylic acids is 6. The van der Waals surface area contributed by atoms with Crippen molar-refractivity contribution in [1.82, 2.24) is 0 Å². The number of carbonyl (C=O) groups is 6. The molecule has 0 N–H and O–H groups in total. The molecular formula is C30H38O13. The van der Waals surface area contributed by atoms with Crippen molar-refractivity contribution in [2.75, 3.05) is 0 Å². The van der Waals surface area contributed by atoms with Gasteiger partial charge in [-0.05, 0) is 32.4 Å². The van der Waals surface area contributed by atoms with Gasteiger partial charge < -0.3 is 33.2 Å². The Bertz CT molecular complexity index is 1310. The number of epoxide rings is 1. The van der Waals surface area contributed by atoms with E-state index >= 15 is 0 Å². The van der Waals surface area contributed by atoms with Crippen LogP contribution < -0.4 is 0 Å². The van der Waals surface area contributed by atoms with Crippen molar-refractivity contribution in [2.45, 2.75) is 117 Å².